The number of anilines is 1. The summed E-state index contributed by atoms with van der Waals surface area (Å²) in [5, 5.41) is 3.03. The lowest BCUT2D eigenvalue weighted by Crippen LogP contribution is -2.56. The fourth-order valence-corrected chi connectivity index (χ4v) is 5.54. The number of carbonyl (C=O) groups excluding carboxylic acids is 2. The summed E-state index contributed by atoms with van der Waals surface area (Å²) in [6, 6.07) is 21.6. The van der Waals surface area contributed by atoms with Gasteiger partial charge in [0.2, 0.25) is 21.8 Å². The van der Waals surface area contributed by atoms with Crippen LogP contribution >= 0.6 is 15.9 Å². The molecule has 0 fully saturated rings. The largest absolute Gasteiger partial charge is 0.350 e. The van der Waals surface area contributed by atoms with E-state index in [4.69, 9.17) is 0 Å². The molecule has 0 heterocycles. The van der Waals surface area contributed by atoms with Gasteiger partial charge in [0.1, 0.15) is 12.6 Å². The van der Waals surface area contributed by atoms with Crippen molar-refractivity contribution in [1.82, 2.24) is 10.2 Å². The highest BCUT2D eigenvalue weighted by molar-refractivity contribution is 9.10. The zero-order valence-electron chi connectivity index (χ0n) is 23.9. The molecular weight excluding hydrogens is 590 g/mol. The van der Waals surface area contributed by atoms with Gasteiger partial charge in [-0.3, -0.25) is 13.9 Å². The number of nitrogens with one attached hydrogen (secondary N) is 1. The molecule has 7 nitrogen and oxygen atoms in total. The third kappa shape index (κ3) is 8.93. The van der Waals surface area contributed by atoms with Crippen LogP contribution in [0.15, 0.2) is 77.3 Å². The van der Waals surface area contributed by atoms with Gasteiger partial charge in [-0.05, 0) is 75.1 Å². The number of benzene rings is 3. The van der Waals surface area contributed by atoms with Gasteiger partial charge in [-0.15, -0.1) is 0 Å². The number of amides is 2. The second-order valence-electron chi connectivity index (χ2n) is 11.2. The Labute approximate surface area is 246 Å². The molecule has 2 amide bonds. The van der Waals surface area contributed by atoms with Gasteiger partial charge in [-0.1, -0.05) is 70.5 Å². The van der Waals surface area contributed by atoms with Crippen LogP contribution in [0.3, 0.4) is 0 Å². The summed E-state index contributed by atoms with van der Waals surface area (Å²) in [5.74, 6) is -0.779. The van der Waals surface area contributed by atoms with Crippen molar-refractivity contribution in [1.29, 1.82) is 0 Å². The molecule has 0 aliphatic rings. The van der Waals surface area contributed by atoms with Crippen molar-refractivity contribution in [3.63, 3.8) is 0 Å². The predicted molar refractivity (Wildman–Crippen MR) is 165 cm³/mol. The Balaban J connectivity index is 2.09. The van der Waals surface area contributed by atoms with E-state index in [1.807, 2.05) is 101 Å². The molecule has 1 unspecified atom stereocenters. The van der Waals surface area contributed by atoms with Crippen LogP contribution < -0.4 is 9.62 Å². The van der Waals surface area contributed by atoms with Gasteiger partial charge in [0.15, 0.2) is 0 Å². The number of hydrogen-bond donors (Lipinski definition) is 1. The van der Waals surface area contributed by atoms with Crippen molar-refractivity contribution in [3.8, 4) is 0 Å². The number of halogens is 1. The molecule has 3 aromatic carbocycles. The molecule has 0 aliphatic heterocycles. The predicted octanol–water partition coefficient (Wildman–Crippen LogP) is 5.39. The van der Waals surface area contributed by atoms with Crippen molar-refractivity contribution < 1.29 is 18.0 Å². The SMILES string of the molecule is Cc1ccc(C)c(N(CC(=O)N(Cc2ccc(Br)cc2)C(Cc2ccccc2)C(=O)NC(C)(C)C)S(C)(=O)=O)c1. The zero-order chi connectivity index (χ0) is 29.7. The van der Waals surface area contributed by atoms with Crippen LogP contribution in [0.4, 0.5) is 5.69 Å². The summed E-state index contributed by atoms with van der Waals surface area (Å²) >= 11 is 3.45. The minimum Gasteiger partial charge on any atom is -0.350 e. The van der Waals surface area contributed by atoms with Crippen LogP contribution in [-0.2, 0) is 32.6 Å². The van der Waals surface area contributed by atoms with Crippen LogP contribution in [0.5, 0.6) is 0 Å². The maximum Gasteiger partial charge on any atom is 0.244 e. The Bertz CT molecular complexity index is 1440. The summed E-state index contributed by atoms with van der Waals surface area (Å²) in [6.07, 6.45) is 1.36. The Morgan fingerprint density at radius 3 is 2.12 bits per heavy atom. The number of hydrogen-bond acceptors (Lipinski definition) is 4. The first-order chi connectivity index (χ1) is 18.6. The third-order valence-corrected chi connectivity index (χ3v) is 8.00. The number of carbonyl (C=O) groups is 2. The summed E-state index contributed by atoms with van der Waals surface area (Å²) < 4.78 is 28.0. The van der Waals surface area contributed by atoms with Gasteiger partial charge >= 0.3 is 0 Å². The fourth-order valence-electron chi connectivity index (χ4n) is 4.38. The standard InChI is InChI=1S/C31H38BrN3O4S/c1-22-12-13-23(2)27(18-22)35(40(6,38)39)21-29(36)34(20-25-14-16-26(32)17-15-25)28(30(37)33-31(3,4)5)19-24-10-8-7-9-11-24/h7-18,28H,19-21H2,1-6H3,(H,33,37). The number of sulfonamides is 1. The highest BCUT2D eigenvalue weighted by atomic mass is 79.9. The van der Waals surface area contributed by atoms with E-state index in [2.05, 4.69) is 21.2 Å². The molecule has 0 aromatic heterocycles. The molecule has 0 saturated heterocycles. The smallest absolute Gasteiger partial charge is 0.244 e. The molecule has 0 saturated carbocycles. The van der Waals surface area contributed by atoms with Gasteiger partial charge in [0.05, 0.1) is 11.9 Å². The lowest BCUT2D eigenvalue weighted by Gasteiger charge is -2.35. The molecule has 3 aromatic rings. The average molecular weight is 629 g/mol. The second kappa shape index (κ2) is 13.0. The average Bonchev–Trinajstić information content (AvgIpc) is 2.86. The molecule has 1 N–H and O–H groups in total. The maximum atomic E-state index is 14.2. The van der Waals surface area contributed by atoms with Crippen LogP contribution in [0.1, 0.15) is 43.0 Å². The van der Waals surface area contributed by atoms with E-state index in [9.17, 15) is 18.0 Å². The highest BCUT2D eigenvalue weighted by Gasteiger charge is 2.34. The van der Waals surface area contributed by atoms with Crippen molar-refractivity contribution in [2.24, 2.45) is 0 Å². The number of rotatable bonds is 10. The molecule has 214 valence electrons. The molecule has 0 radical (unpaired) electrons. The minimum absolute atomic E-state index is 0.131. The van der Waals surface area contributed by atoms with Crippen LogP contribution in [0.2, 0.25) is 0 Å². The summed E-state index contributed by atoms with van der Waals surface area (Å²) in [7, 11) is -3.82. The van der Waals surface area contributed by atoms with Crippen LogP contribution in [0, 0.1) is 13.8 Å². The topological polar surface area (TPSA) is 86.8 Å². The van der Waals surface area contributed by atoms with Crippen molar-refractivity contribution >= 4 is 43.5 Å². The first kappa shape index (κ1) is 31.4. The van der Waals surface area contributed by atoms with E-state index in [1.54, 1.807) is 6.07 Å². The minimum atomic E-state index is -3.82. The molecular formula is C31H38BrN3O4S. The third-order valence-electron chi connectivity index (χ3n) is 6.35. The number of nitrogens with zero attached hydrogens (tertiary/aromatic N) is 2. The van der Waals surface area contributed by atoms with E-state index in [0.717, 1.165) is 37.3 Å². The summed E-state index contributed by atoms with van der Waals surface area (Å²) in [4.78, 5) is 29.4. The molecule has 0 aliphatic carbocycles. The molecule has 9 heteroatoms. The Kier molecular flexibility index (Phi) is 10.2. The second-order valence-corrected chi connectivity index (χ2v) is 14.0. The van der Waals surface area contributed by atoms with Crippen LogP contribution in [-0.4, -0.2) is 49.5 Å². The van der Waals surface area contributed by atoms with E-state index in [1.165, 1.54) is 4.90 Å². The normalized spacial score (nSPS) is 12.5. The lowest BCUT2D eigenvalue weighted by atomic mass is 10.0. The van der Waals surface area contributed by atoms with Gasteiger partial charge in [-0.2, -0.15) is 0 Å². The van der Waals surface area contributed by atoms with E-state index in [0.29, 0.717) is 5.69 Å². The van der Waals surface area contributed by atoms with Gasteiger partial charge in [0, 0.05) is 23.0 Å². The first-order valence-electron chi connectivity index (χ1n) is 13.1. The highest BCUT2D eigenvalue weighted by Crippen LogP contribution is 2.25. The first-order valence-corrected chi connectivity index (χ1v) is 15.7. The quantitative estimate of drug-likeness (QED) is 0.327. The Morgan fingerprint density at radius 1 is 0.925 bits per heavy atom. The maximum absolute atomic E-state index is 14.2. The van der Waals surface area contributed by atoms with Gasteiger partial charge in [-0.25, -0.2) is 8.42 Å². The van der Waals surface area contributed by atoms with E-state index in [-0.39, 0.29) is 18.9 Å². The van der Waals surface area contributed by atoms with Crippen molar-refractivity contribution in [2.75, 3.05) is 17.1 Å². The van der Waals surface area contributed by atoms with Crippen molar-refractivity contribution in [3.05, 3.63) is 99.5 Å². The van der Waals surface area contributed by atoms with E-state index >= 15 is 0 Å². The molecule has 40 heavy (non-hydrogen) atoms. The molecule has 1 atom stereocenters. The molecule has 0 bridgehead atoms. The molecule has 3 rings (SSSR count). The van der Waals surface area contributed by atoms with E-state index < -0.39 is 34.1 Å². The fraction of sp³-hybridized carbons (Fsp3) is 0.355. The summed E-state index contributed by atoms with van der Waals surface area (Å²) in [5.41, 5.74) is 3.22. The van der Waals surface area contributed by atoms with Gasteiger partial charge < -0.3 is 10.2 Å². The lowest BCUT2D eigenvalue weighted by molar-refractivity contribution is -0.140. The Hall–Kier alpha value is -3.17. The Morgan fingerprint density at radius 2 is 1.55 bits per heavy atom. The number of aryl methyl sites for hydroxylation is 2. The monoisotopic (exact) mass is 627 g/mol. The van der Waals surface area contributed by atoms with Crippen LogP contribution in [0.25, 0.3) is 0 Å². The zero-order valence-corrected chi connectivity index (χ0v) is 26.3. The van der Waals surface area contributed by atoms with Crippen molar-refractivity contribution in [2.45, 2.75) is 59.2 Å². The molecule has 0 spiro atoms. The summed E-state index contributed by atoms with van der Waals surface area (Å²) in [6.45, 7) is 9.04. The van der Waals surface area contributed by atoms with Gasteiger partial charge in [0.25, 0.3) is 0 Å².